The SMILES string of the molecule is C=CCNC(=O)c1ccccc1NC(=O)CN(c1ccccc1C)S(=O)(=O)c1ccccc1. The third-order valence-electron chi connectivity index (χ3n) is 4.86. The lowest BCUT2D eigenvalue weighted by Gasteiger charge is -2.25. The second-order valence-electron chi connectivity index (χ2n) is 7.20. The highest BCUT2D eigenvalue weighted by Gasteiger charge is 2.28. The second kappa shape index (κ2) is 10.6. The molecule has 8 heteroatoms. The Labute approximate surface area is 193 Å². The molecule has 170 valence electrons. The molecular formula is C25H25N3O4S. The molecule has 0 unspecified atom stereocenters. The standard InChI is InChI=1S/C25H25N3O4S/c1-3-17-26-25(30)21-14-8-9-15-22(21)27-24(29)18-28(23-16-10-7-11-19(23)2)33(31,32)20-12-5-4-6-13-20/h3-16H,1,17-18H2,2H3,(H,26,30)(H,27,29). The molecule has 3 aromatic rings. The summed E-state index contributed by atoms with van der Waals surface area (Å²) in [5, 5.41) is 5.35. The van der Waals surface area contributed by atoms with Crippen LogP contribution in [0.3, 0.4) is 0 Å². The second-order valence-corrected chi connectivity index (χ2v) is 9.07. The van der Waals surface area contributed by atoms with Gasteiger partial charge in [0, 0.05) is 6.54 Å². The highest BCUT2D eigenvalue weighted by molar-refractivity contribution is 7.92. The highest BCUT2D eigenvalue weighted by atomic mass is 32.2. The number of amides is 2. The molecule has 2 N–H and O–H groups in total. The zero-order valence-electron chi connectivity index (χ0n) is 18.2. The molecule has 0 aromatic heterocycles. The number of rotatable bonds is 9. The fourth-order valence-electron chi connectivity index (χ4n) is 3.23. The number of hydrogen-bond acceptors (Lipinski definition) is 4. The molecule has 0 radical (unpaired) electrons. The van der Waals surface area contributed by atoms with Gasteiger partial charge in [-0.25, -0.2) is 8.42 Å². The topological polar surface area (TPSA) is 95.6 Å². The van der Waals surface area contributed by atoms with E-state index < -0.39 is 22.5 Å². The van der Waals surface area contributed by atoms with Crippen LogP contribution in [-0.4, -0.2) is 33.3 Å². The predicted molar refractivity (Wildman–Crippen MR) is 130 cm³/mol. The molecule has 0 aliphatic carbocycles. The molecule has 0 saturated carbocycles. The molecule has 0 heterocycles. The van der Waals surface area contributed by atoms with E-state index in [1.54, 1.807) is 79.7 Å². The van der Waals surface area contributed by atoms with Gasteiger partial charge in [0.05, 0.1) is 21.8 Å². The third-order valence-corrected chi connectivity index (χ3v) is 6.63. The third kappa shape index (κ3) is 5.67. The summed E-state index contributed by atoms with van der Waals surface area (Å²) >= 11 is 0. The lowest BCUT2D eigenvalue weighted by Crippen LogP contribution is -2.38. The Morgan fingerprint density at radius 3 is 2.27 bits per heavy atom. The van der Waals surface area contributed by atoms with Crippen molar-refractivity contribution in [1.82, 2.24) is 5.32 Å². The van der Waals surface area contributed by atoms with Gasteiger partial charge in [0.25, 0.3) is 15.9 Å². The van der Waals surface area contributed by atoms with Crippen LogP contribution in [0.25, 0.3) is 0 Å². The van der Waals surface area contributed by atoms with Crippen LogP contribution in [0.15, 0.2) is 96.4 Å². The van der Waals surface area contributed by atoms with Crippen LogP contribution >= 0.6 is 0 Å². The zero-order chi connectivity index (χ0) is 23.8. The fourth-order valence-corrected chi connectivity index (χ4v) is 4.74. The summed E-state index contributed by atoms with van der Waals surface area (Å²) in [4.78, 5) is 25.5. The normalized spacial score (nSPS) is 10.8. The van der Waals surface area contributed by atoms with Gasteiger partial charge in [-0.15, -0.1) is 6.58 Å². The van der Waals surface area contributed by atoms with Crippen molar-refractivity contribution in [2.45, 2.75) is 11.8 Å². The maximum atomic E-state index is 13.4. The van der Waals surface area contributed by atoms with Crippen LogP contribution < -0.4 is 14.9 Å². The quantitative estimate of drug-likeness (QED) is 0.473. The van der Waals surface area contributed by atoms with Gasteiger partial charge in [-0.05, 0) is 42.8 Å². The van der Waals surface area contributed by atoms with Gasteiger partial charge in [-0.3, -0.25) is 13.9 Å². The number of anilines is 2. The van der Waals surface area contributed by atoms with Gasteiger partial charge in [0.2, 0.25) is 5.91 Å². The average molecular weight is 464 g/mol. The Kier molecular flexibility index (Phi) is 7.63. The highest BCUT2D eigenvalue weighted by Crippen LogP contribution is 2.27. The summed E-state index contributed by atoms with van der Waals surface area (Å²) in [6, 6.07) is 21.4. The summed E-state index contributed by atoms with van der Waals surface area (Å²) in [5.41, 5.74) is 1.65. The molecule has 7 nitrogen and oxygen atoms in total. The summed E-state index contributed by atoms with van der Waals surface area (Å²) < 4.78 is 28.0. The maximum absolute atomic E-state index is 13.4. The number of hydrogen-bond donors (Lipinski definition) is 2. The first kappa shape index (κ1) is 23.7. The molecule has 33 heavy (non-hydrogen) atoms. The van der Waals surface area contributed by atoms with Crippen LogP contribution in [0.4, 0.5) is 11.4 Å². The van der Waals surface area contributed by atoms with Crippen molar-refractivity contribution >= 4 is 33.2 Å². The average Bonchev–Trinajstić information content (AvgIpc) is 2.82. The summed E-state index contributed by atoms with van der Waals surface area (Å²) in [6.07, 6.45) is 1.55. The van der Waals surface area contributed by atoms with E-state index in [4.69, 9.17) is 0 Å². The fraction of sp³-hybridized carbons (Fsp3) is 0.120. The molecule has 2 amide bonds. The first-order valence-electron chi connectivity index (χ1n) is 10.3. The van der Waals surface area contributed by atoms with Crippen molar-refractivity contribution in [3.05, 3.63) is 103 Å². The number of sulfonamides is 1. The van der Waals surface area contributed by atoms with Gasteiger partial charge >= 0.3 is 0 Å². The van der Waals surface area contributed by atoms with Crippen LogP contribution in [-0.2, 0) is 14.8 Å². The van der Waals surface area contributed by atoms with Crippen molar-refractivity contribution in [3.8, 4) is 0 Å². The predicted octanol–water partition coefficient (Wildman–Crippen LogP) is 3.74. The van der Waals surface area contributed by atoms with Gasteiger partial charge in [0.1, 0.15) is 6.54 Å². The number of benzene rings is 3. The molecular weight excluding hydrogens is 438 g/mol. The zero-order valence-corrected chi connectivity index (χ0v) is 19.0. The first-order valence-corrected chi connectivity index (χ1v) is 11.7. The maximum Gasteiger partial charge on any atom is 0.264 e. The lowest BCUT2D eigenvalue weighted by atomic mass is 10.1. The molecule has 3 rings (SSSR count). The Hall–Kier alpha value is -3.91. The minimum absolute atomic E-state index is 0.0743. The van der Waals surface area contributed by atoms with Crippen LogP contribution in [0.1, 0.15) is 15.9 Å². The van der Waals surface area contributed by atoms with E-state index >= 15 is 0 Å². The summed E-state index contributed by atoms with van der Waals surface area (Å²) in [7, 11) is -4.02. The van der Waals surface area contributed by atoms with Gasteiger partial charge in [-0.2, -0.15) is 0 Å². The monoisotopic (exact) mass is 463 g/mol. The number of aryl methyl sites for hydroxylation is 1. The van der Waals surface area contributed by atoms with Crippen LogP contribution in [0.2, 0.25) is 0 Å². The lowest BCUT2D eigenvalue weighted by molar-refractivity contribution is -0.114. The van der Waals surface area contributed by atoms with Crippen molar-refractivity contribution in [2.75, 3.05) is 22.7 Å². The summed E-state index contributed by atoms with van der Waals surface area (Å²) in [6.45, 7) is 5.15. The van der Waals surface area contributed by atoms with Crippen LogP contribution in [0.5, 0.6) is 0 Å². The Morgan fingerprint density at radius 2 is 1.58 bits per heavy atom. The molecule has 0 bridgehead atoms. The first-order chi connectivity index (χ1) is 15.8. The Morgan fingerprint density at radius 1 is 0.939 bits per heavy atom. The number of nitrogens with one attached hydrogen (secondary N) is 2. The summed E-state index contributed by atoms with van der Waals surface area (Å²) in [5.74, 6) is -0.958. The molecule has 0 aliphatic rings. The minimum atomic E-state index is -4.02. The van der Waals surface area contributed by atoms with Gasteiger partial charge in [-0.1, -0.05) is 54.6 Å². The van der Waals surface area contributed by atoms with Crippen molar-refractivity contribution in [3.63, 3.8) is 0 Å². The molecule has 0 spiro atoms. The van der Waals surface area contributed by atoms with E-state index in [-0.39, 0.29) is 28.6 Å². The molecule has 0 aliphatic heterocycles. The van der Waals surface area contributed by atoms with E-state index in [9.17, 15) is 18.0 Å². The number of nitrogens with zero attached hydrogens (tertiary/aromatic N) is 1. The number of para-hydroxylation sites is 2. The van der Waals surface area contributed by atoms with E-state index in [1.165, 1.54) is 12.1 Å². The molecule has 0 saturated heterocycles. The van der Waals surface area contributed by atoms with E-state index in [0.717, 1.165) is 4.31 Å². The van der Waals surface area contributed by atoms with Crippen LogP contribution in [0, 0.1) is 6.92 Å². The largest absolute Gasteiger partial charge is 0.349 e. The van der Waals surface area contributed by atoms with E-state index in [1.807, 2.05) is 0 Å². The van der Waals surface area contributed by atoms with Crippen molar-refractivity contribution in [1.29, 1.82) is 0 Å². The van der Waals surface area contributed by atoms with Gasteiger partial charge < -0.3 is 10.6 Å². The minimum Gasteiger partial charge on any atom is -0.349 e. The molecule has 0 fully saturated rings. The Balaban J connectivity index is 1.92. The molecule has 0 atom stereocenters. The number of carbonyl (C=O) groups is 2. The number of carbonyl (C=O) groups excluding carboxylic acids is 2. The smallest absolute Gasteiger partial charge is 0.264 e. The van der Waals surface area contributed by atoms with E-state index in [0.29, 0.717) is 11.3 Å². The van der Waals surface area contributed by atoms with Crippen molar-refractivity contribution < 1.29 is 18.0 Å². The Bertz CT molecular complexity index is 1260. The van der Waals surface area contributed by atoms with Crippen molar-refractivity contribution in [2.24, 2.45) is 0 Å². The van der Waals surface area contributed by atoms with Gasteiger partial charge in [0.15, 0.2) is 0 Å². The molecule has 3 aromatic carbocycles. The van der Waals surface area contributed by atoms with E-state index in [2.05, 4.69) is 17.2 Å².